The van der Waals surface area contributed by atoms with Crippen LogP contribution < -0.4 is 5.32 Å². The van der Waals surface area contributed by atoms with E-state index >= 15 is 0 Å². The monoisotopic (exact) mass is 260 g/mol. The Morgan fingerprint density at radius 1 is 1.28 bits per heavy atom. The van der Waals surface area contributed by atoms with Crippen molar-refractivity contribution in [2.75, 3.05) is 0 Å². The third kappa shape index (κ3) is 2.39. The summed E-state index contributed by atoms with van der Waals surface area (Å²) in [7, 11) is 0. The van der Waals surface area contributed by atoms with E-state index in [1.807, 2.05) is 0 Å². The minimum absolute atomic E-state index is 0.0179. The summed E-state index contributed by atoms with van der Waals surface area (Å²) < 4.78 is 43.3. The van der Waals surface area contributed by atoms with Gasteiger partial charge in [0.1, 0.15) is 11.5 Å². The predicted octanol–water partition coefficient (Wildman–Crippen LogP) is 2.59. The highest BCUT2D eigenvalue weighted by atomic mass is 19.4. The molecule has 1 saturated carbocycles. The van der Waals surface area contributed by atoms with Crippen molar-refractivity contribution in [1.82, 2.24) is 10.5 Å². The largest absolute Gasteiger partial charge is 0.392 e. The minimum Gasteiger partial charge on any atom is -0.361 e. The van der Waals surface area contributed by atoms with Gasteiger partial charge in [0.05, 0.1) is 5.92 Å². The zero-order chi connectivity index (χ0) is 12.8. The molecule has 3 nitrogen and oxygen atoms in total. The Balaban J connectivity index is 1.73. The predicted molar refractivity (Wildman–Crippen MR) is 57.9 cm³/mol. The molecule has 1 heterocycles. The minimum atomic E-state index is -4.11. The van der Waals surface area contributed by atoms with Gasteiger partial charge in [-0.2, -0.15) is 13.2 Å². The summed E-state index contributed by atoms with van der Waals surface area (Å²) in [4.78, 5) is 0. The van der Waals surface area contributed by atoms with Crippen LogP contribution in [0.15, 0.2) is 4.52 Å². The standard InChI is InChI=1S/C12H15F3N2O/c13-12(14,15)7-1-4-11-9(5-7)10(17-18-11)6-16-8-2-3-8/h7-8,16H,1-6H2. The summed E-state index contributed by atoms with van der Waals surface area (Å²) in [5.74, 6) is -0.604. The first kappa shape index (κ1) is 12.0. The van der Waals surface area contributed by atoms with Crippen molar-refractivity contribution >= 4 is 0 Å². The van der Waals surface area contributed by atoms with E-state index in [-0.39, 0.29) is 12.8 Å². The van der Waals surface area contributed by atoms with Crippen LogP contribution in [-0.2, 0) is 19.4 Å². The van der Waals surface area contributed by atoms with Gasteiger partial charge in [0.2, 0.25) is 0 Å². The first-order valence-corrected chi connectivity index (χ1v) is 6.30. The molecule has 0 aromatic carbocycles. The number of hydrogen-bond acceptors (Lipinski definition) is 3. The summed E-state index contributed by atoms with van der Waals surface area (Å²) in [6, 6.07) is 0.513. The number of nitrogens with zero attached hydrogens (tertiary/aromatic N) is 1. The van der Waals surface area contributed by atoms with E-state index in [1.54, 1.807) is 0 Å². The number of aryl methyl sites for hydroxylation is 1. The van der Waals surface area contributed by atoms with Crippen molar-refractivity contribution < 1.29 is 17.7 Å². The van der Waals surface area contributed by atoms with Crippen LogP contribution in [0.4, 0.5) is 13.2 Å². The smallest absolute Gasteiger partial charge is 0.361 e. The molecule has 6 heteroatoms. The summed E-state index contributed by atoms with van der Waals surface area (Å²) in [6.07, 6.45) is -1.35. The normalized spacial score (nSPS) is 24.1. The zero-order valence-electron chi connectivity index (χ0n) is 9.89. The number of aromatic nitrogens is 1. The summed E-state index contributed by atoms with van der Waals surface area (Å²) in [5.41, 5.74) is 1.34. The van der Waals surface area contributed by atoms with Crippen molar-refractivity contribution in [2.24, 2.45) is 5.92 Å². The third-order valence-corrected chi connectivity index (χ3v) is 3.72. The molecular weight excluding hydrogens is 245 g/mol. The van der Waals surface area contributed by atoms with Crippen molar-refractivity contribution in [3.05, 3.63) is 17.0 Å². The highest BCUT2D eigenvalue weighted by Crippen LogP contribution is 2.38. The van der Waals surface area contributed by atoms with E-state index in [1.165, 1.54) is 0 Å². The highest BCUT2D eigenvalue weighted by Gasteiger charge is 2.43. The highest BCUT2D eigenvalue weighted by molar-refractivity contribution is 5.26. The molecule has 3 rings (SSSR count). The van der Waals surface area contributed by atoms with Crippen LogP contribution in [0.3, 0.4) is 0 Å². The number of halogens is 3. The topological polar surface area (TPSA) is 38.1 Å². The van der Waals surface area contributed by atoms with Gasteiger partial charge in [-0.3, -0.25) is 0 Å². The van der Waals surface area contributed by atoms with Crippen LogP contribution in [0.5, 0.6) is 0 Å². The fourth-order valence-electron chi connectivity index (χ4n) is 2.41. The lowest BCUT2D eigenvalue weighted by Crippen LogP contribution is -2.29. The Hall–Kier alpha value is -1.04. The van der Waals surface area contributed by atoms with Gasteiger partial charge >= 0.3 is 6.18 Å². The van der Waals surface area contributed by atoms with Crippen LogP contribution in [0, 0.1) is 5.92 Å². The van der Waals surface area contributed by atoms with Crippen LogP contribution in [-0.4, -0.2) is 17.4 Å². The molecule has 0 amide bonds. The second-order valence-electron chi connectivity index (χ2n) is 5.17. The van der Waals surface area contributed by atoms with Gasteiger partial charge in [-0.25, -0.2) is 0 Å². The van der Waals surface area contributed by atoms with Crippen LogP contribution in [0.1, 0.15) is 36.3 Å². The van der Waals surface area contributed by atoms with Gasteiger partial charge < -0.3 is 9.84 Å². The average Bonchev–Trinajstić information content (AvgIpc) is 3.05. The number of nitrogens with one attached hydrogen (secondary N) is 1. The molecule has 2 aliphatic carbocycles. The number of fused-ring (bicyclic) bond motifs is 1. The van der Waals surface area contributed by atoms with E-state index in [9.17, 15) is 13.2 Å². The maximum Gasteiger partial charge on any atom is 0.392 e. The maximum absolute atomic E-state index is 12.7. The molecule has 1 aromatic rings. The van der Waals surface area contributed by atoms with E-state index in [2.05, 4.69) is 10.5 Å². The molecule has 1 fully saturated rings. The zero-order valence-corrected chi connectivity index (χ0v) is 9.89. The Morgan fingerprint density at radius 3 is 2.72 bits per heavy atom. The van der Waals surface area contributed by atoms with E-state index in [4.69, 9.17) is 4.52 Å². The van der Waals surface area contributed by atoms with Gasteiger partial charge in [0.15, 0.2) is 0 Å². The van der Waals surface area contributed by atoms with Gasteiger partial charge in [-0.1, -0.05) is 5.16 Å². The molecule has 1 atom stereocenters. The van der Waals surface area contributed by atoms with Crippen molar-refractivity contribution in [3.8, 4) is 0 Å². The molecule has 1 unspecified atom stereocenters. The number of rotatable bonds is 3. The molecule has 18 heavy (non-hydrogen) atoms. The lowest BCUT2D eigenvalue weighted by Gasteiger charge is -2.23. The molecule has 0 bridgehead atoms. The molecule has 0 saturated heterocycles. The summed E-state index contributed by atoms with van der Waals surface area (Å²) >= 11 is 0. The lowest BCUT2D eigenvalue weighted by molar-refractivity contribution is -0.177. The van der Waals surface area contributed by atoms with Crippen LogP contribution in [0.25, 0.3) is 0 Å². The summed E-state index contributed by atoms with van der Waals surface area (Å²) in [5, 5.41) is 7.17. The van der Waals surface area contributed by atoms with E-state index in [0.717, 1.165) is 12.8 Å². The first-order valence-electron chi connectivity index (χ1n) is 6.30. The van der Waals surface area contributed by atoms with Crippen molar-refractivity contribution in [1.29, 1.82) is 0 Å². The van der Waals surface area contributed by atoms with Gasteiger partial charge in [0.25, 0.3) is 0 Å². The molecule has 0 spiro atoms. The van der Waals surface area contributed by atoms with E-state index < -0.39 is 12.1 Å². The molecule has 1 aromatic heterocycles. The maximum atomic E-state index is 12.7. The second kappa shape index (κ2) is 4.26. The summed E-state index contributed by atoms with van der Waals surface area (Å²) in [6.45, 7) is 0.522. The molecule has 0 radical (unpaired) electrons. The Morgan fingerprint density at radius 2 is 2.06 bits per heavy atom. The Bertz CT molecular complexity index is 437. The average molecular weight is 260 g/mol. The third-order valence-electron chi connectivity index (χ3n) is 3.72. The number of hydrogen-bond donors (Lipinski definition) is 1. The number of alkyl halides is 3. The molecule has 2 aliphatic rings. The van der Waals surface area contributed by atoms with Crippen LogP contribution >= 0.6 is 0 Å². The quantitative estimate of drug-likeness (QED) is 0.907. The molecule has 100 valence electrons. The fraction of sp³-hybridized carbons (Fsp3) is 0.750. The SMILES string of the molecule is FC(F)(F)C1CCc2onc(CNC3CC3)c2C1. The van der Waals surface area contributed by atoms with Gasteiger partial charge in [0, 0.05) is 24.6 Å². The van der Waals surface area contributed by atoms with Gasteiger partial charge in [-0.15, -0.1) is 0 Å². The van der Waals surface area contributed by atoms with Gasteiger partial charge in [-0.05, 0) is 25.7 Å². The fourth-order valence-corrected chi connectivity index (χ4v) is 2.41. The van der Waals surface area contributed by atoms with Crippen molar-refractivity contribution in [3.63, 3.8) is 0 Å². The molecule has 1 N–H and O–H groups in total. The van der Waals surface area contributed by atoms with E-state index in [0.29, 0.717) is 36.0 Å². The Labute approximate surface area is 103 Å². The molecule has 0 aliphatic heterocycles. The lowest BCUT2D eigenvalue weighted by atomic mass is 9.86. The Kier molecular flexibility index (Phi) is 2.84. The first-order chi connectivity index (χ1) is 8.54. The van der Waals surface area contributed by atoms with Crippen molar-refractivity contribution in [2.45, 2.75) is 50.9 Å². The van der Waals surface area contributed by atoms with Crippen LogP contribution in [0.2, 0.25) is 0 Å². The molecular formula is C12H15F3N2O. The second-order valence-corrected chi connectivity index (χ2v) is 5.17.